The van der Waals surface area contributed by atoms with Gasteiger partial charge in [-0.25, -0.2) is 0 Å². The molecule has 0 saturated carbocycles. The summed E-state index contributed by atoms with van der Waals surface area (Å²) in [7, 11) is 0. The first-order chi connectivity index (χ1) is 8.60. The zero-order valence-electron chi connectivity index (χ0n) is 11.6. The molecule has 18 heavy (non-hydrogen) atoms. The second-order valence-corrected chi connectivity index (χ2v) is 4.77. The molecular weight excluding hydrogens is 228 g/mol. The molecule has 0 saturated heterocycles. The highest BCUT2D eigenvalue weighted by Gasteiger charge is 2.21. The minimum absolute atomic E-state index is 0.0409. The van der Waals surface area contributed by atoms with E-state index in [1.54, 1.807) is 12.1 Å². The third kappa shape index (κ3) is 3.88. The predicted molar refractivity (Wildman–Crippen MR) is 72.3 cm³/mol. The van der Waals surface area contributed by atoms with Crippen LogP contribution in [0.5, 0.6) is 0 Å². The summed E-state index contributed by atoms with van der Waals surface area (Å²) in [6.07, 6.45) is 3.33. The fraction of sp³-hybridized carbons (Fsp3) is 0.643. The maximum atomic E-state index is 12.3. The van der Waals surface area contributed by atoms with Gasteiger partial charge in [0, 0.05) is 12.6 Å². The summed E-state index contributed by atoms with van der Waals surface area (Å²) in [6.45, 7) is 7.31. The van der Waals surface area contributed by atoms with Crippen LogP contribution in [0, 0.1) is 0 Å². The fourth-order valence-electron chi connectivity index (χ4n) is 1.87. The Balaban J connectivity index is 2.69. The van der Waals surface area contributed by atoms with Crippen LogP contribution in [0.2, 0.25) is 0 Å². The lowest BCUT2D eigenvalue weighted by molar-refractivity contribution is 0.0668. The van der Waals surface area contributed by atoms with Crippen molar-refractivity contribution in [2.75, 3.05) is 6.54 Å². The van der Waals surface area contributed by atoms with Gasteiger partial charge in [-0.15, -0.1) is 0 Å². The number of hydrogen-bond acceptors (Lipinski definition) is 3. The molecule has 0 fully saturated rings. The smallest absolute Gasteiger partial charge is 0.289 e. The first kappa shape index (κ1) is 14.8. The van der Waals surface area contributed by atoms with Crippen LogP contribution in [0.3, 0.4) is 0 Å². The Morgan fingerprint density at radius 2 is 2.11 bits per heavy atom. The van der Waals surface area contributed by atoms with Crippen molar-refractivity contribution >= 4 is 5.91 Å². The van der Waals surface area contributed by atoms with E-state index in [0.717, 1.165) is 25.8 Å². The van der Waals surface area contributed by atoms with Crippen LogP contribution in [0.1, 0.15) is 56.3 Å². The number of unbranched alkanes of at least 4 members (excludes halogenated alkanes) is 2. The molecular formula is C14H24N2O2. The monoisotopic (exact) mass is 252 g/mol. The average Bonchev–Trinajstić information content (AvgIpc) is 2.82. The van der Waals surface area contributed by atoms with Crippen LogP contribution < -0.4 is 5.73 Å². The van der Waals surface area contributed by atoms with Crippen LogP contribution in [-0.4, -0.2) is 23.4 Å². The van der Waals surface area contributed by atoms with Crippen LogP contribution in [0.25, 0.3) is 0 Å². The summed E-state index contributed by atoms with van der Waals surface area (Å²) in [6, 6.07) is 3.65. The molecule has 1 amide bonds. The van der Waals surface area contributed by atoms with Crippen molar-refractivity contribution < 1.29 is 9.21 Å². The molecule has 0 unspecified atom stereocenters. The van der Waals surface area contributed by atoms with E-state index < -0.39 is 0 Å². The van der Waals surface area contributed by atoms with E-state index in [9.17, 15) is 4.79 Å². The van der Waals surface area contributed by atoms with Gasteiger partial charge in [-0.1, -0.05) is 19.8 Å². The van der Waals surface area contributed by atoms with E-state index >= 15 is 0 Å². The molecule has 4 nitrogen and oxygen atoms in total. The fourth-order valence-corrected chi connectivity index (χ4v) is 1.87. The Bertz CT molecular complexity index is 372. The highest BCUT2D eigenvalue weighted by Crippen LogP contribution is 2.13. The van der Waals surface area contributed by atoms with Gasteiger partial charge in [-0.05, 0) is 32.4 Å². The molecule has 0 aliphatic rings. The number of rotatable bonds is 7. The van der Waals surface area contributed by atoms with E-state index in [-0.39, 0.29) is 11.9 Å². The molecule has 0 aromatic carbocycles. The number of nitrogens with zero attached hydrogens (tertiary/aromatic N) is 1. The van der Waals surface area contributed by atoms with E-state index in [1.807, 2.05) is 18.7 Å². The molecule has 1 heterocycles. The second kappa shape index (κ2) is 7.21. The molecule has 2 N–H and O–H groups in total. The van der Waals surface area contributed by atoms with Crippen molar-refractivity contribution in [3.63, 3.8) is 0 Å². The van der Waals surface area contributed by atoms with Crippen molar-refractivity contribution in [3.8, 4) is 0 Å². The van der Waals surface area contributed by atoms with Gasteiger partial charge < -0.3 is 15.1 Å². The number of nitrogens with two attached hydrogens (primary N) is 1. The average molecular weight is 252 g/mol. The standard InChI is InChI=1S/C14H24N2O2/c1-4-5-6-9-16(11(2)3)14(17)13-8-7-12(10-15)18-13/h7-8,11H,4-6,9-10,15H2,1-3H3. The molecule has 4 heteroatoms. The molecule has 0 aliphatic carbocycles. The van der Waals surface area contributed by atoms with Gasteiger partial charge in [0.25, 0.3) is 5.91 Å². The van der Waals surface area contributed by atoms with E-state index in [2.05, 4.69) is 6.92 Å². The topological polar surface area (TPSA) is 59.5 Å². The first-order valence-electron chi connectivity index (χ1n) is 6.69. The second-order valence-electron chi connectivity index (χ2n) is 4.77. The summed E-state index contributed by atoms with van der Waals surface area (Å²) in [4.78, 5) is 14.2. The number of amides is 1. The molecule has 0 aliphatic heterocycles. The lowest BCUT2D eigenvalue weighted by Crippen LogP contribution is -2.37. The van der Waals surface area contributed by atoms with Crippen molar-refractivity contribution in [1.82, 2.24) is 4.90 Å². The van der Waals surface area contributed by atoms with Gasteiger partial charge in [0.05, 0.1) is 6.54 Å². The predicted octanol–water partition coefficient (Wildman–Crippen LogP) is 2.78. The van der Waals surface area contributed by atoms with Crippen molar-refractivity contribution in [1.29, 1.82) is 0 Å². The van der Waals surface area contributed by atoms with Gasteiger partial charge in [0.15, 0.2) is 5.76 Å². The SMILES string of the molecule is CCCCCN(C(=O)c1ccc(CN)o1)C(C)C. The Morgan fingerprint density at radius 1 is 1.39 bits per heavy atom. The highest BCUT2D eigenvalue weighted by molar-refractivity contribution is 5.91. The van der Waals surface area contributed by atoms with Crippen LogP contribution in [0.15, 0.2) is 16.5 Å². The Labute approximate surface area is 109 Å². The molecule has 102 valence electrons. The van der Waals surface area contributed by atoms with E-state index in [1.165, 1.54) is 0 Å². The van der Waals surface area contributed by atoms with Gasteiger partial charge in [-0.3, -0.25) is 4.79 Å². The van der Waals surface area contributed by atoms with E-state index in [4.69, 9.17) is 10.2 Å². The van der Waals surface area contributed by atoms with Crippen molar-refractivity contribution in [3.05, 3.63) is 23.7 Å². The summed E-state index contributed by atoms with van der Waals surface area (Å²) in [5, 5.41) is 0. The number of hydrogen-bond donors (Lipinski definition) is 1. The molecule has 0 bridgehead atoms. The third-order valence-corrected chi connectivity index (χ3v) is 2.96. The van der Waals surface area contributed by atoms with Crippen LogP contribution in [0.4, 0.5) is 0 Å². The Kier molecular flexibility index (Phi) is 5.92. The summed E-state index contributed by atoms with van der Waals surface area (Å²) < 4.78 is 5.42. The highest BCUT2D eigenvalue weighted by atomic mass is 16.4. The normalized spacial score (nSPS) is 10.9. The zero-order valence-corrected chi connectivity index (χ0v) is 11.6. The summed E-state index contributed by atoms with van der Waals surface area (Å²) >= 11 is 0. The van der Waals surface area contributed by atoms with Gasteiger partial charge in [0.2, 0.25) is 0 Å². The molecule has 0 radical (unpaired) electrons. The summed E-state index contributed by atoms with van der Waals surface area (Å²) in [5.41, 5.74) is 5.48. The molecule has 1 aromatic heterocycles. The number of furan rings is 1. The van der Waals surface area contributed by atoms with Crippen molar-refractivity contribution in [2.45, 2.75) is 52.6 Å². The quantitative estimate of drug-likeness (QED) is 0.759. The Morgan fingerprint density at radius 3 is 2.61 bits per heavy atom. The van der Waals surface area contributed by atoms with Crippen LogP contribution in [-0.2, 0) is 6.54 Å². The third-order valence-electron chi connectivity index (χ3n) is 2.96. The van der Waals surface area contributed by atoms with Gasteiger partial charge in [-0.2, -0.15) is 0 Å². The minimum Gasteiger partial charge on any atom is -0.455 e. The maximum absolute atomic E-state index is 12.3. The Hall–Kier alpha value is -1.29. The molecule has 1 rings (SSSR count). The van der Waals surface area contributed by atoms with Gasteiger partial charge >= 0.3 is 0 Å². The minimum atomic E-state index is -0.0409. The summed E-state index contributed by atoms with van der Waals surface area (Å²) in [5.74, 6) is 0.997. The van der Waals surface area contributed by atoms with E-state index in [0.29, 0.717) is 18.1 Å². The van der Waals surface area contributed by atoms with Crippen LogP contribution >= 0.6 is 0 Å². The number of carbonyl (C=O) groups is 1. The molecule has 1 aromatic rings. The zero-order chi connectivity index (χ0) is 13.5. The lowest BCUT2D eigenvalue weighted by atomic mass is 10.2. The molecule has 0 spiro atoms. The lowest BCUT2D eigenvalue weighted by Gasteiger charge is -2.25. The largest absolute Gasteiger partial charge is 0.455 e. The number of carbonyl (C=O) groups excluding carboxylic acids is 1. The van der Waals surface area contributed by atoms with Gasteiger partial charge in [0.1, 0.15) is 5.76 Å². The first-order valence-corrected chi connectivity index (χ1v) is 6.69. The maximum Gasteiger partial charge on any atom is 0.289 e. The molecule has 0 atom stereocenters. The van der Waals surface area contributed by atoms with Crippen molar-refractivity contribution in [2.24, 2.45) is 5.73 Å².